The van der Waals surface area contributed by atoms with Crippen LogP contribution >= 0.6 is 0 Å². The van der Waals surface area contributed by atoms with Crippen molar-refractivity contribution in [3.05, 3.63) is 64.5 Å². The minimum Gasteiger partial charge on any atom is -0.497 e. The molecule has 0 bridgehead atoms. The molecule has 120 valence electrons. The van der Waals surface area contributed by atoms with Crippen LogP contribution in [0.4, 0.5) is 4.39 Å². The Morgan fingerprint density at radius 2 is 2.00 bits per heavy atom. The van der Waals surface area contributed by atoms with Crippen LogP contribution in [-0.4, -0.2) is 7.11 Å². The lowest BCUT2D eigenvalue weighted by Gasteiger charge is -2.22. The molecule has 0 spiro atoms. The highest BCUT2D eigenvalue weighted by atomic mass is 19.1. The predicted molar refractivity (Wildman–Crippen MR) is 90.3 cm³/mol. The van der Waals surface area contributed by atoms with Crippen molar-refractivity contribution in [2.45, 2.75) is 33.3 Å². The molecule has 2 nitrogen and oxygen atoms in total. The first-order chi connectivity index (χ1) is 11.1. The van der Waals surface area contributed by atoms with Crippen molar-refractivity contribution < 1.29 is 13.9 Å². The molecule has 0 saturated heterocycles. The summed E-state index contributed by atoms with van der Waals surface area (Å²) in [5.74, 6) is 1.33. The molecule has 0 unspecified atom stereocenters. The van der Waals surface area contributed by atoms with E-state index in [2.05, 4.69) is 19.9 Å². The van der Waals surface area contributed by atoms with Gasteiger partial charge in [-0.05, 0) is 66.8 Å². The van der Waals surface area contributed by atoms with Crippen LogP contribution in [0.1, 0.15) is 37.0 Å². The predicted octanol–water partition coefficient (Wildman–Crippen LogP) is 5.15. The van der Waals surface area contributed by atoms with E-state index in [0.717, 1.165) is 41.0 Å². The van der Waals surface area contributed by atoms with Crippen molar-refractivity contribution in [1.29, 1.82) is 0 Å². The second-order valence-corrected chi connectivity index (χ2v) is 5.85. The van der Waals surface area contributed by atoms with Crippen molar-refractivity contribution in [1.82, 2.24) is 0 Å². The Kier molecular flexibility index (Phi) is 4.37. The number of ether oxygens (including phenoxy) is 2. The first-order valence-electron chi connectivity index (χ1n) is 7.89. The van der Waals surface area contributed by atoms with Crippen LogP contribution < -0.4 is 9.47 Å². The Labute approximate surface area is 136 Å². The van der Waals surface area contributed by atoms with Crippen LogP contribution in [0.2, 0.25) is 0 Å². The maximum atomic E-state index is 13.8. The summed E-state index contributed by atoms with van der Waals surface area (Å²) in [6, 6.07) is 10.8. The number of hydrogen-bond acceptors (Lipinski definition) is 2. The molecule has 0 atom stereocenters. The van der Waals surface area contributed by atoms with E-state index in [9.17, 15) is 4.39 Å². The fraction of sp³-hybridized carbons (Fsp3) is 0.300. The Hall–Kier alpha value is -2.29. The van der Waals surface area contributed by atoms with Crippen LogP contribution in [0.3, 0.4) is 0 Å². The van der Waals surface area contributed by atoms with E-state index in [4.69, 9.17) is 9.47 Å². The number of methoxy groups -OCH3 is 1. The van der Waals surface area contributed by atoms with Gasteiger partial charge in [-0.1, -0.05) is 18.6 Å². The minimum atomic E-state index is -0.232. The maximum absolute atomic E-state index is 13.8. The van der Waals surface area contributed by atoms with Gasteiger partial charge in [-0.15, -0.1) is 0 Å². The van der Waals surface area contributed by atoms with E-state index >= 15 is 0 Å². The van der Waals surface area contributed by atoms with Crippen molar-refractivity contribution in [2.24, 2.45) is 0 Å². The second-order valence-electron chi connectivity index (χ2n) is 5.85. The molecule has 2 aromatic rings. The molecule has 1 aliphatic rings. The number of fused-ring (bicyclic) bond motifs is 2. The zero-order chi connectivity index (χ0) is 16.4. The van der Waals surface area contributed by atoms with Gasteiger partial charge >= 0.3 is 0 Å². The van der Waals surface area contributed by atoms with Crippen LogP contribution in [0, 0.1) is 5.82 Å². The van der Waals surface area contributed by atoms with Crippen LogP contribution in [0.5, 0.6) is 11.5 Å². The third kappa shape index (κ3) is 3.09. The zero-order valence-corrected chi connectivity index (χ0v) is 13.8. The molecule has 0 fully saturated rings. The van der Waals surface area contributed by atoms with Crippen molar-refractivity contribution in [2.75, 3.05) is 7.11 Å². The molecule has 1 heterocycles. The zero-order valence-electron chi connectivity index (χ0n) is 13.8. The molecule has 0 saturated carbocycles. The fourth-order valence-electron chi connectivity index (χ4n) is 2.94. The van der Waals surface area contributed by atoms with Crippen molar-refractivity contribution in [3.63, 3.8) is 0 Å². The first kappa shape index (κ1) is 15.6. The Bertz CT molecular complexity index is 762. The maximum Gasteiger partial charge on any atom is 0.127 e. The fourth-order valence-corrected chi connectivity index (χ4v) is 2.94. The SMILES string of the molecule is CC/C(C)=C1\Cc2ccc(OC)cc2COc2ccc(F)cc21. The number of rotatable bonds is 2. The summed E-state index contributed by atoms with van der Waals surface area (Å²) in [7, 11) is 1.66. The van der Waals surface area contributed by atoms with Crippen LogP contribution in [0.25, 0.3) is 5.57 Å². The van der Waals surface area contributed by atoms with Gasteiger partial charge < -0.3 is 9.47 Å². The lowest BCUT2D eigenvalue weighted by atomic mass is 9.89. The lowest BCUT2D eigenvalue weighted by molar-refractivity contribution is 0.301. The van der Waals surface area contributed by atoms with E-state index < -0.39 is 0 Å². The third-order valence-corrected chi connectivity index (χ3v) is 4.48. The summed E-state index contributed by atoms with van der Waals surface area (Å²) in [4.78, 5) is 0. The van der Waals surface area contributed by atoms with Gasteiger partial charge in [0.1, 0.15) is 23.9 Å². The highest BCUT2D eigenvalue weighted by Gasteiger charge is 2.19. The van der Waals surface area contributed by atoms with Gasteiger partial charge in [-0.2, -0.15) is 0 Å². The average molecular weight is 312 g/mol. The lowest BCUT2D eigenvalue weighted by Crippen LogP contribution is -2.09. The molecule has 1 aliphatic heterocycles. The molecule has 0 amide bonds. The molecule has 2 aromatic carbocycles. The molecule has 23 heavy (non-hydrogen) atoms. The monoisotopic (exact) mass is 312 g/mol. The average Bonchev–Trinajstić information content (AvgIpc) is 2.56. The largest absolute Gasteiger partial charge is 0.497 e. The number of hydrogen-bond donors (Lipinski definition) is 0. The first-order valence-corrected chi connectivity index (χ1v) is 7.89. The molecule has 3 rings (SSSR count). The standard InChI is InChI=1S/C20H21FO2/c1-4-13(2)18-10-14-5-7-17(22-3)9-15(14)12-23-20-8-6-16(21)11-19(18)20/h5-9,11H,4,10,12H2,1-3H3/b18-13+. The number of benzene rings is 2. The van der Waals surface area contributed by atoms with Gasteiger partial charge in [0.15, 0.2) is 0 Å². The molecule has 0 radical (unpaired) electrons. The summed E-state index contributed by atoms with van der Waals surface area (Å²) < 4.78 is 25.1. The Morgan fingerprint density at radius 1 is 1.17 bits per heavy atom. The van der Waals surface area contributed by atoms with Crippen LogP contribution in [-0.2, 0) is 13.0 Å². The number of allylic oxidation sites excluding steroid dienone is 2. The third-order valence-electron chi connectivity index (χ3n) is 4.48. The van der Waals surface area contributed by atoms with E-state index in [1.807, 2.05) is 12.1 Å². The van der Waals surface area contributed by atoms with Crippen molar-refractivity contribution >= 4 is 5.57 Å². The highest BCUT2D eigenvalue weighted by molar-refractivity contribution is 5.75. The van der Waals surface area contributed by atoms with Gasteiger partial charge in [0.2, 0.25) is 0 Å². The molecular weight excluding hydrogens is 291 g/mol. The molecule has 0 aromatic heterocycles. The smallest absolute Gasteiger partial charge is 0.127 e. The number of halogens is 1. The van der Waals surface area contributed by atoms with E-state index in [-0.39, 0.29) is 5.82 Å². The summed E-state index contributed by atoms with van der Waals surface area (Å²) in [6.45, 7) is 4.69. The normalized spacial score (nSPS) is 15.7. The molecule has 3 heteroatoms. The quantitative estimate of drug-likeness (QED) is 0.763. The summed E-state index contributed by atoms with van der Waals surface area (Å²) in [5, 5.41) is 0. The Balaban J connectivity index is 2.14. The highest BCUT2D eigenvalue weighted by Crippen LogP contribution is 2.36. The molecule has 0 N–H and O–H groups in total. The van der Waals surface area contributed by atoms with E-state index in [1.54, 1.807) is 19.2 Å². The van der Waals surface area contributed by atoms with E-state index in [1.165, 1.54) is 17.2 Å². The van der Waals surface area contributed by atoms with Crippen LogP contribution in [0.15, 0.2) is 42.0 Å². The van der Waals surface area contributed by atoms with Gasteiger partial charge in [0, 0.05) is 5.56 Å². The summed E-state index contributed by atoms with van der Waals surface area (Å²) >= 11 is 0. The summed E-state index contributed by atoms with van der Waals surface area (Å²) in [5.41, 5.74) is 5.58. The second kappa shape index (κ2) is 6.45. The van der Waals surface area contributed by atoms with Gasteiger partial charge in [0.05, 0.1) is 7.11 Å². The van der Waals surface area contributed by atoms with E-state index in [0.29, 0.717) is 6.61 Å². The molecular formula is C20H21FO2. The Morgan fingerprint density at radius 3 is 2.74 bits per heavy atom. The van der Waals surface area contributed by atoms with Gasteiger partial charge in [-0.25, -0.2) is 4.39 Å². The van der Waals surface area contributed by atoms with Gasteiger partial charge in [0.25, 0.3) is 0 Å². The topological polar surface area (TPSA) is 18.5 Å². The molecule has 0 aliphatic carbocycles. The minimum absolute atomic E-state index is 0.232. The summed E-state index contributed by atoms with van der Waals surface area (Å²) in [6.07, 6.45) is 1.70. The van der Waals surface area contributed by atoms with Gasteiger partial charge in [-0.3, -0.25) is 0 Å². The van der Waals surface area contributed by atoms with Crippen molar-refractivity contribution in [3.8, 4) is 11.5 Å².